The summed E-state index contributed by atoms with van der Waals surface area (Å²) in [7, 11) is 1.61. The second kappa shape index (κ2) is 7.18. The van der Waals surface area contributed by atoms with Gasteiger partial charge in [0.25, 0.3) is 5.91 Å². The van der Waals surface area contributed by atoms with Crippen LogP contribution in [0.25, 0.3) is 11.3 Å². The Labute approximate surface area is 143 Å². The van der Waals surface area contributed by atoms with Crippen LogP contribution in [0.1, 0.15) is 10.5 Å². The number of hydrogen-bond acceptors (Lipinski definition) is 4. The van der Waals surface area contributed by atoms with Crippen LogP contribution in [0.5, 0.6) is 5.75 Å². The first kappa shape index (κ1) is 16.1. The zero-order valence-electron chi connectivity index (χ0n) is 13.0. The van der Waals surface area contributed by atoms with Crippen LogP contribution in [0.2, 0.25) is 5.02 Å². The monoisotopic (exact) mass is 345 g/mol. The van der Waals surface area contributed by atoms with E-state index in [2.05, 4.69) is 20.6 Å². The van der Waals surface area contributed by atoms with E-state index in [9.17, 15) is 4.79 Å². The van der Waals surface area contributed by atoms with Crippen LogP contribution in [-0.4, -0.2) is 39.5 Å². The summed E-state index contributed by atoms with van der Waals surface area (Å²) in [6.45, 7) is 0.972. The van der Waals surface area contributed by atoms with E-state index in [4.69, 9.17) is 16.3 Å². The van der Waals surface area contributed by atoms with E-state index < -0.39 is 0 Å². The maximum absolute atomic E-state index is 12.1. The number of hydrogen-bond donors (Lipinski definition) is 2. The van der Waals surface area contributed by atoms with Crippen molar-refractivity contribution in [1.29, 1.82) is 0 Å². The fourth-order valence-corrected chi connectivity index (χ4v) is 2.36. The van der Waals surface area contributed by atoms with E-state index in [1.54, 1.807) is 30.3 Å². The number of halogens is 1. The summed E-state index contributed by atoms with van der Waals surface area (Å²) in [6, 6.07) is 9.19. The first-order chi connectivity index (χ1) is 11.7. The molecule has 3 rings (SSSR count). The number of carbonyl (C=O) groups excluding carboxylic acids is 1. The highest BCUT2D eigenvalue weighted by molar-refractivity contribution is 6.30. The number of methoxy groups -OCH3 is 1. The van der Waals surface area contributed by atoms with Gasteiger partial charge in [-0.05, 0) is 18.2 Å². The molecule has 0 saturated carbocycles. The molecule has 124 valence electrons. The molecule has 0 aliphatic heterocycles. The van der Waals surface area contributed by atoms with Gasteiger partial charge in [0, 0.05) is 18.3 Å². The quantitative estimate of drug-likeness (QED) is 0.718. The van der Waals surface area contributed by atoms with Crippen molar-refractivity contribution < 1.29 is 9.53 Å². The van der Waals surface area contributed by atoms with E-state index >= 15 is 0 Å². The maximum atomic E-state index is 12.1. The minimum atomic E-state index is -0.227. The summed E-state index contributed by atoms with van der Waals surface area (Å²) in [5, 5.41) is 14.3. The molecule has 24 heavy (non-hydrogen) atoms. The third-order valence-electron chi connectivity index (χ3n) is 3.42. The van der Waals surface area contributed by atoms with Gasteiger partial charge in [-0.3, -0.25) is 14.6 Å². The first-order valence-electron chi connectivity index (χ1n) is 7.31. The van der Waals surface area contributed by atoms with Crippen LogP contribution in [0.4, 0.5) is 0 Å². The highest BCUT2D eigenvalue weighted by Gasteiger charge is 2.11. The lowest BCUT2D eigenvalue weighted by molar-refractivity contribution is 0.0947. The highest BCUT2D eigenvalue weighted by atomic mass is 35.5. The van der Waals surface area contributed by atoms with Gasteiger partial charge >= 0.3 is 0 Å². The number of aromatic nitrogens is 4. The third kappa shape index (κ3) is 3.75. The van der Waals surface area contributed by atoms with Crippen LogP contribution in [-0.2, 0) is 6.54 Å². The van der Waals surface area contributed by atoms with Crippen molar-refractivity contribution in [1.82, 2.24) is 25.3 Å². The molecular weight excluding hydrogens is 330 g/mol. The van der Waals surface area contributed by atoms with Gasteiger partial charge in [0.1, 0.15) is 11.4 Å². The van der Waals surface area contributed by atoms with Gasteiger partial charge in [0.05, 0.1) is 30.6 Å². The minimum absolute atomic E-state index is 0.227. The average molecular weight is 346 g/mol. The lowest BCUT2D eigenvalue weighted by Gasteiger charge is -2.03. The number of nitrogens with zero attached hydrogens (tertiary/aromatic N) is 3. The van der Waals surface area contributed by atoms with E-state index in [0.29, 0.717) is 29.5 Å². The first-order valence-corrected chi connectivity index (χ1v) is 7.69. The van der Waals surface area contributed by atoms with Gasteiger partial charge in [-0.25, -0.2) is 0 Å². The second-order valence-electron chi connectivity index (χ2n) is 5.08. The average Bonchev–Trinajstić information content (AvgIpc) is 3.24. The lowest BCUT2D eigenvalue weighted by Crippen LogP contribution is -2.27. The van der Waals surface area contributed by atoms with Crippen LogP contribution >= 0.6 is 11.6 Å². The summed E-state index contributed by atoms with van der Waals surface area (Å²) >= 11 is 5.79. The minimum Gasteiger partial charge on any atom is -0.497 e. The zero-order valence-corrected chi connectivity index (χ0v) is 13.7. The zero-order chi connectivity index (χ0) is 16.9. The molecule has 0 fully saturated rings. The Morgan fingerprint density at radius 2 is 2.29 bits per heavy atom. The molecule has 8 heteroatoms. The Balaban J connectivity index is 1.60. The summed E-state index contributed by atoms with van der Waals surface area (Å²) in [4.78, 5) is 12.1. The molecule has 0 unspecified atom stereocenters. The molecule has 2 heterocycles. The summed E-state index contributed by atoms with van der Waals surface area (Å²) in [5.74, 6) is 0.509. The molecule has 0 spiro atoms. The SMILES string of the molecule is COc1cccc(-c2cc(C(=O)NCCn3cc(Cl)cn3)[nH]n2)c1. The van der Waals surface area contributed by atoms with Crippen LogP contribution in [0.15, 0.2) is 42.7 Å². The third-order valence-corrected chi connectivity index (χ3v) is 3.61. The number of nitrogens with one attached hydrogen (secondary N) is 2. The smallest absolute Gasteiger partial charge is 0.269 e. The largest absolute Gasteiger partial charge is 0.497 e. The Kier molecular flexibility index (Phi) is 4.81. The van der Waals surface area contributed by atoms with Crippen molar-refractivity contribution in [2.75, 3.05) is 13.7 Å². The van der Waals surface area contributed by atoms with Crippen molar-refractivity contribution in [2.45, 2.75) is 6.54 Å². The highest BCUT2D eigenvalue weighted by Crippen LogP contribution is 2.22. The molecule has 0 aliphatic rings. The van der Waals surface area contributed by atoms with Gasteiger partial charge in [-0.2, -0.15) is 10.2 Å². The predicted octanol–water partition coefficient (Wildman–Crippen LogP) is 2.37. The number of rotatable bonds is 6. The molecule has 2 aromatic heterocycles. The normalized spacial score (nSPS) is 10.6. The van der Waals surface area contributed by atoms with Crippen LogP contribution < -0.4 is 10.1 Å². The van der Waals surface area contributed by atoms with Gasteiger partial charge in [-0.1, -0.05) is 23.7 Å². The summed E-state index contributed by atoms with van der Waals surface area (Å²) < 4.78 is 6.86. The van der Waals surface area contributed by atoms with E-state index in [0.717, 1.165) is 11.3 Å². The Bertz CT molecular complexity index is 842. The molecule has 1 aromatic carbocycles. The van der Waals surface area contributed by atoms with Crippen molar-refractivity contribution in [3.63, 3.8) is 0 Å². The molecule has 0 atom stereocenters. The number of carbonyl (C=O) groups is 1. The van der Waals surface area contributed by atoms with Crippen molar-refractivity contribution in [3.8, 4) is 17.0 Å². The Hall–Kier alpha value is -2.80. The molecule has 2 N–H and O–H groups in total. The summed E-state index contributed by atoms with van der Waals surface area (Å²) in [5.41, 5.74) is 1.94. The molecule has 1 amide bonds. The second-order valence-corrected chi connectivity index (χ2v) is 5.51. The van der Waals surface area contributed by atoms with Crippen molar-refractivity contribution in [3.05, 3.63) is 53.4 Å². The van der Waals surface area contributed by atoms with Crippen LogP contribution in [0, 0.1) is 0 Å². The fourth-order valence-electron chi connectivity index (χ4n) is 2.21. The topological polar surface area (TPSA) is 84.8 Å². The maximum Gasteiger partial charge on any atom is 0.269 e. The lowest BCUT2D eigenvalue weighted by atomic mass is 10.1. The van der Waals surface area contributed by atoms with Crippen LogP contribution in [0.3, 0.4) is 0 Å². The molecular formula is C16H16ClN5O2. The number of benzene rings is 1. The Morgan fingerprint density at radius 1 is 1.42 bits per heavy atom. The molecule has 0 radical (unpaired) electrons. The van der Waals surface area contributed by atoms with E-state index in [-0.39, 0.29) is 5.91 Å². The standard InChI is InChI=1S/C16H16ClN5O2/c1-24-13-4-2-3-11(7-13)14-8-15(21-20-14)16(23)18-5-6-22-10-12(17)9-19-22/h2-4,7-10H,5-6H2,1H3,(H,18,23)(H,20,21). The van der Waals surface area contributed by atoms with Gasteiger partial charge in [-0.15, -0.1) is 0 Å². The fraction of sp³-hybridized carbons (Fsp3) is 0.188. The van der Waals surface area contributed by atoms with E-state index in [1.807, 2.05) is 24.3 Å². The van der Waals surface area contributed by atoms with Gasteiger partial charge in [0.2, 0.25) is 0 Å². The molecule has 7 nitrogen and oxygen atoms in total. The van der Waals surface area contributed by atoms with E-state index in [1.165, 1.54) is 0 Å². The molecule has 3 aromatic rings. The number of amides is 1. The molecule has 0 bridgehead atoms. The number of H-pyrrole nitrogens is 1. The van der Waals surface area contributed by atoms with Crippen molar-refractivity contribution in [2.24, 2.45) is 0 Å². The van der Waals surface area contributed by atoms with Gasteiger partial charge < -0.3 is 10.1 Å². The van der Waals surface area contributed by atoms with Crippen molar-refractivity contribution >= 4 is 17.5 Å². The number of ether oxygens (including phenoxy) is 1. The molecule has 0 aliphatic carbocycles. The summed E-state index contributed by atoms with van der Waals surface area (Å²) in [6.07, 6.45) is 3.25. The Morgan fingerprint density at radius 3 is 3.04 bits per heavy atom. The number of aromatic amines is 1. The van der Waals surface area contributed by atoms with Gasteiger partial charge in [0.15, 0.2) is 0 Å². The predicted molar refractivity (Wildman–Crippen MR) is 90.1 cm³/mol. The molecule has 0 saturated heterocycles.